The summed E-state index contributed by atoms with van der Waals surface area (Å²) in [5.41, 5.74) is 8.17. The fourth-order valence-electron chi connectivity index (χ4n) is 3.89. The van der Waals surface area contributed by atoms with E-state index in [4.69, 9.17) is 5.73 Å². The second-order valence-corrected chi connectivity index (χ2v) is 10.5. The summed E-state index contributed by atoms with van der Waals surface area (Å²) < 4.78 is 31.9. The quantitative estimate of drug-likeness (QED) is 0.303. The van der Waals surface area contributed by atoms with Gasteiger partial charge in [-0.05, 0) is 36.4 Å². The molecule has 0 unspecified atom stereocenters. The second kappa shape index (κ2) is 11.2. The van der Waals surface area contributed by atoms with Gasteiger partial charge in [0.2, 0.25) is 0 Å². The number of carbonyl (C=O) groups excluding carboxylic acids is 1. The van der Waals surface area contributed by atoms with Crippen molar-refractivity contribution in [3.05, 3.63) is 90.2 Å². The van der Waals surface area contributed by atoms with Gasteiger partial charge in [0.1, 0.15) is 0 Å². The van der Waals surface area contributed by atoms with Crippen LogP contribution in [0, 0.1) is 11.3 Å². The van der Waals surface area contributed by atoms with Crippen LogP contribution in [0.15, 0.2) is 72.4 Å². The minimum absolute atomic E-state index is 0.00142. The molecule has 0 aliphatic carbocycles. The molecule has 0 saturated heterocycles. The van der Waals surface area contributed by atoms with E-state index in [1.165, 1.54) is 22.1 Å². The maximum atomic E-state index is 13.7. The Morgan fingerprint density at radius 1 is 1.08 bits per heavy atom. The van der Waals surface area contributed by atoms with Crippen LogP contribution in [0.5, 0.6) is 0 Å². The summed E-state index contributed by atoms with van der Waals surface area (Å²) in [6.07, 6.45) is 6.31. The number of nitrogens with two attached hydrogens (primary N) is 1. The third-order valence-corrected chi connectivity index (χ3v) is 7.71. The molecule has 0 aliphatic heterocycles. The highest BCUT2D eigenvalue weighted by Gasteiger charge is 2.30. The molecule has 12 nitrogen and oxygen atoms in total. The molecule has 196 valence electrons. The molecule has 38 heavy (non-hydrogen) atoms. The van der Waals surface area contributed by atoms with Gasteiger partial charge in [0, 0.05) is 51.5 Å². The Labute approximate surface area is 220 Å². The molecule has 4 aromatic rings. The third-order valence-electron chi connectivity index (χ3n) is 5.99. The molecule has 0 saturated carbocycles. The van der Waals surface area contributed by atoms with Crippen molar-refractivity contribution in [3.8, 4) is 6.07 Å². The average molecular weight is 534 g/mol. The van der Waals surface area contributed by atoms with E-state index in [1.807, 2.05) is 28.6 Å². The van der Waals surface area contributed by atoms with Crippen LogP contribution in [-0.2, 0) is 37.2 Å². The molecular formula is C25H27N9O3S. The lowest BCUT2D eigenvalue weighted by molar-refractivity contribution is 0.0987. The van der Waals surface area contributed by atoms with Crippen LogP contribution >= 0.6 is 0 Å². The first-order chi connectivity index (χ1) is 18.2. The number of nitriles is 1. The number of rotatable bonds is 11. The van der Waals surface area contributed by atoms with Crippen molar-refractivity contribution in [2.45, 2.75) is 18.1 Å². The molecular weight excluding hydrogens is 506 g/mol. The molecule has 0 radical (unpaired) electrons. The van der Waals surface area contributed by atoms with E-state index in [-0.39, 0.29) is 23.9 Å². The normalized spacial score (nSPS) is 11.4. The van der Waals surface area contributed by atoms with Crippen LogP contribution in [0.1, 0.15) is 27.6 Å². The van der Waals surface area contributed by atoms with Crippen molar-refractivity contribution in [2.75, 3.05) is 18.0 Å². The monoisotopic (exact) mass is 533 g/mol. The number of aromatic nitrogens is 5. The van der Waals surface area contributed by atoms with E-state index < -0.39 is 15.9 Å². The highest BCUT2D eigenvalue weighted by atomic mass is 32.2. The minimum atomic E-state index is -4.13. The van der Waals surface area contributed by atoms with Gasteiger partial charge in [-0.25, -0.2) is 18.4 Å². The van der Waals surface area contributed by atoms with E-state index in [0.717, 1.165) is 11.4 Å². The summed E-state index contributed by atoms with van der Waals surface area (Å²) >= 11 is 0. The Kier molecular flexibility index (Phi) is 7.85. The number of nitrogens with zero attached hydrogens (tertiary/aromatic N) is 8. The minimum Gasteiger partial charge on any atom is -0.364 e. The number of sulfonamides is 1. The highest BCUT2D eigenvalue weighted by molar-refractivity contribution is 7.89. The number of primary amides is 1. The molecule has 0 bridgehead atoms. The van der Waals surface area contributed by atoms with Crippen LogP contribution in [-0.4, -0.2) is 55.8 Å². The van der Waals surface area contributed by atoms with E-state index in [9.17, 15) is 18.5 Å². The highest BCUT2D eigenvalue weighted by Crippen LogP contribution is 2.21. The van der Waals surface area contributed by atoms with E-state index in [0.29, 0.717) is 24.3 Å². The first-order valence-corrected chi connectivity index (χ1v) is 13.1. The standard InChI is InChI=1S/C25H27N9O3S/c1-31-17-23(30-25(31)24(27)35)38(36,37)34(15-20-5-3-4-10-29-20)12-11-33(16-22-14-28-18-32(22)2)21-8-6-19(13-26)7-9-21/h3-10,14,17-18H,11-12,15-16H2,1-2H3,(H2,27,35). The topological polar surface area (TPSA) is 156 Å². The molecule has 0 aliphatic rings. The third kappa shape index (κ3) is 5.88. The lowest BCUT2D eigenvalue weighted by Crippen LogP contribution is -2.39. The summed E-state index contributed by atoms with van der Waals surface area (Å²) in [7, 11) is -0.734. The van der Waals surface area contributed by atoms with Gasteiger partial charge < -0.3 is 19.8 Å². The predicted molar refractivity (Wildman–Crippen MR) is 139 cm³/mol. The van der Waals surface area contributed by atoms with Gasteiger partial charge in [-0.2, -0.15) is 9.57 Å². The fourth-order valence-corrected chi connectivity index (χ4v) is 5.27. The molecule has 13 heteroatoms. The van der Waals surface area contributed by atoms with Crippen molar-refractivity contribution in [1.82, 2.24) is 28.4 Å². The van der Waals surface area contributed by atoms with Crippen LogP contribution in [0.4, 0.5) is 5.69 Å². The molecule has 0 spiro atoms. The van der Waals surface area contributed by atoms with Gasteiger partial charge in [-0.3, -0.25) is 9.78 Å². The zero-order chi connectivity index (χ0) is 27.3. The summed E-state index contributed by atoms with van der Waals surface area (Å²) in [6, 6.07) is 14.5. The second-order valence-electron chi connectivity index (χ2n) is 8.61. The first kappa shape index (κ1) is 26.5. The predicted octanol–water partition coefficient (Wildman–Crippen LogP) is 1.42. The smallest absolute Gasteiger partial charge is 0.284 e. The van der Waals surface area contributed by atoms with Gasteiger partial charge in [0.25, 0.3) is 15.9 Å². The Morgan fingerprint density at radius 2 is 1.84 bits per heavy atom. The van der Waals surface area contributed by atoms with Crippen LogP contribution in [0.3, 0.4) is 0 Å². The Morgan fingerprint density at radius 3 is 2.42 bits per heavy atom. The summed E-state index contributed by atoms with van der Waals surface area (Å²) in [6.45, 7) is 0.839. The van der Waals surface area contributed by atoms with E-state index in [1.54, 1.807) is 49.1 Å². The molecule has 0 fully saturated rings. The average Bonchev–Trinajstić information content (AvgIpc) is 3.51. The number of pyridine rings is 1. The maximum Gasteiger partial charge on any atom is 0.284 e. The summed E-state index contributed by atoms with van der Waals surface area (Å²) in [5, 5.41) is 8.91. The maximum absolute atomic E-state index is 13.7. The molecule has 0 atom stereocenters. The van der Waals surface area contributed by atoms with E-state index >= 15 is 0 Å². The number of carbonyl (C=O) groups is 1. The Balaban J connectivity index is 1.67. The SMILES string of the molecule is Cn1cncc1CN(CCN(Cc1ccccn1)S(=O)(=O)c1cn(C)c(C(N)=O)n1)c1ccc(C#N)cc1. The van der Waals surface area contributed by atoms with E-state index in [2.05, 4.69) is 21.0 Å². The molecule has 4 rings (SSSR count). The number of hydrogen-bond donors (Lipinski definition) is 1. The molecule has 3 heterocycles. The Bertz CT molecular complexity index is 1560. The number of benzene rings is 1. The number of aryl methyl sites for hydroxylation is 2. The summed E-state index contributed by atoms with van der Waals surface area (Å²) in [5.74, 6) is -0.981. The lowest BCUT2D eigenvalue weighted by Gasteiger charge is -2.28. The fraction of sp³-hybridized carbons (Fsp3) is 0.240. The lowest BCUT2D eigenvalue weighted by atomic mass is 10.2. The van der Waals surface area contributed by atoms with Gasteiger partial charge in [0.15, 0.2) is 10.9 Å². The Hall–Kier alpha value is -4.54. The van der Waals surface area contributed by atoms with Gasteiger partial charge >= 0.3 is 0 Å². The van der Waals surface area contributed by atoms with Crippen LogP contribution < -0.4 is 10.6 Å². The van der Waals surface area contributed by atoms with Crippen LogP contribution in [0.25, 0.3) is 0 Å². The van der Waals surface area contributed by atoms with Gasteiger partial charge in [0.05, 0.1) is 42.4 Å². The zero-order valence-electron chi connectivity index (χ0n) is 21.0. The molecule has 2 N–H and O–H groups in total. The van der Waals surface area contributed by atoms with Crippen molar-refractivity contribution in [2.24, 2.45) is 19.8 Å². The molecule has 1 aromatic carbocycles. The number of hydrogen-bond acceptors (Lipinski definition) is 8. The summed E-state index contributed by atoms with van der Waals surface area (Å²) in [4.78, 5) is 26.2. The number of imidazole rings is 2. The zero-order valence-corrected chi connectivity index (χ0v) is 21.8. The van der Waals surface area contributed by atoms with Crippen molar-refractivity contribution in [1.29, 1.82) is 5.26 Å². The number of anilines is 1. The number of amides is 1. The van der Waals surface area contributed by atoms with Gasteiger partial charge in [-0.1, -0.05) is 6.07 Å². The van der Waals surface area contributed by atoms with Crippen molar-refractivity contribution >= 4 is 21.6 Å². The largest absolute Gasteiger partial charge is 0.364 e. The van der Waals surface area contributed by atoms with Crippen LogP contribution in [0.2, 0.25) is 0 Å². The molecule has 3 aromatic heterocycles. The van der Waals surface area contributed by atoms with Crippen molar-refractivity contribution < 1.29 is 13.2 Å². The molecule has 1 amide bonds. The first-order valence-electron chi connectivity index (χ1n) is 11.6. The van der Waals surface area contributed by atoms with Crippen molar-refractivity contribution in [3.63, 3.8) is 0 Å². The van der Waals surface area contributed by atoms with Gasteiger partial charge in [-0.15, -0.1) is 0 Å².